The first-order chi connectivity index (χ1) is 38.1. The summed E-state index contributed by atoms with van der Waals surface area (Å²) < 4.78 is 1.90. The topological polar surface area (TPSA) is 254 Å². The van der Waals surface area contributed by atoms with Crippen molar-refractivity contribution in [1.29, 1.82) is 0 Å². The molecule has 6 heterocycles. The summed E-state index contributed by atoms with van der Waals surface area (Å²) in [5.41, 5.74) is 14.8. The van der Waals surface area contributed by atoms with Crippen molar-refractivity contribution in [3.05, 3.63) is 116 Å². The second-order valence-electron chi connectivity index (χ2n) is 22.9. The monoisotopic (exact) mass is 1110 g/mol. The molecule has 8 rings (SSSR count). The zero-order valence-electron chi connectivity index (χ0n) is 47.4. The van der Waals surface area contributed by atoms with Gasteiger partial charge in [-0.1, -0.05) is 57.9 Å². The molecule has 2 aliphatic rings. The third-order valence-electron chi connectivity index (χ3n) is 15.5. The molecule has 426 valence electrons. The summed E-state index contributed by atoms with van der Waals surface area (Å²) in [5.74, 6) is -1.13. The number of nitrogens with two attached hydrogens (primary N) is 1. The number of nitrogens with one attached hydrogen (secondary N) is 4. The van der Waals surface area contributed by atoms with Crippen LogP contribution in [0.25, 0.3) is 32.5 Å². The number of piperazine rings is 1. The maximum Gasteiger partial charge on any atom is 0.253 e. The lowest BCUT2D eigenvalue weighted by Gasteiger charge is -2.36. The molecule has 6 aromatic rings. The van der Waals surface area contributed by atoms with Crippen LogP contribution in [0.2, 0.25) is 0 Å². The number of anilines is 1. The molecule has 5 amide bonds. The summed E-state index contributed by atoms with van der Waals surface area (Å²) in [5, 5.41) is 24.9. The van der Waals surface area contributed by atoms with Crippen molar-refractivity contribution in [2.75, 3.05) is 44.2 Å². The number of thiazole rings is 1. The zero-order valence-corrected chi connectivity index (χ0v) is 48.3. The van der Waals surface area contributed by atoms with Gasteiger partial charge in [-0.3, -0.25) is 38.3 Å². The maximum atomic E-state index is 14.1. The van der Waals surface area contributed by atoms with Gasteiger partial charge in [-0.25, -0.2) is 9.97 Å². The second-order valence-corrected chi connectivity index (χ2v) is 23.8. The van der Waals surface area contributed by atoms with Crippen LogP contribution in [0.3, 0.4) is 0 Å². The van der Waals surface area contributed by atoms with E-state index in [4.69, 9.17) is 10.7 Å². The Morgan fingerprint density at radius 1 is 0.863 bits per heavy atom. The zero-order chi connectivity index (χ0) is 57.4. The van der Waals surface area contributed by atoms with E-state index in [0.29, 0.717) is 36.8 Å². The first-order valence-corrected chi connectivity index (χ1v) is 28.8. The third-order valence-corrected chi connectivity index (χ3v) is 16.5. The van der Waals surface area contributed by atoms with Gasteiger partial charge < -0.3 is 41.6 Å². The number of rotatable bonds is 22. The number of aliphatic hydroxyl groups is 1. The first-order valence-electron chi connectivity index (χ1n) is 27.9. The molecule has 0 radical (unpaired) electrons. The lowest BCUT2D eigenvalue weighted by atomic mass is 9.85. The van der Waals surface area contributed by atoms with E-state index in [1.807, 2.05) is 126 Å². The number of likely N-dealkylation sites (tertiary alicyclic amines) is 1. The molecule has 19 nitrogen and oxygen atoms in total. The highest BCUT2D eigenvalue weighted by Gasteiger charge is 2.44. The molecule has 0 bridgehead atoms. The number of H-pyrrole nitrogens is 1. The second kappa shape index (κ2) is 25.9. The molecular formula is C60H78N12O7S. The molecule has 0 aliphatic carbocycles. The summed E-state index contributed by atoms with van der Waals surface area (Å²) in [6.45, 7) is 19.5. The van der Waals surface area contributed by atoms with Gasteiger partial charge in [-0.15, -0.1) is 11.3 Å². The highest BCUT2D eigenvalue weighted by atomic mass is 32.1. The molecule has 2 aliphatic heterocycles. The summed E-state index contributed by atoms with van der Waals surface area (Å²) >= 11 is 1.57. The first kappa shape index (κ1) is 58.8. The van der Waals surface area contributed by atoms with E-state index < -0.39 is 29.5 Å². The lowest BCUT2D eigenvalue weighted by molar-refractivity contribution is -0.144. The van der Waals surface area contributed by atoms with Gasteiger partial charge in [0.25, 0.3) is 11.5 Å². The number of pyridine rings is 2. The minimum Gasteiger partial charge on any atom is -0.391 e. The van der Waals surface area contributed by atoms with Gasteiger partial charge in [0.2, 0.25) is 23.6 Å². The van der Waals surface area contributed by atoms with Crippen molar-refractivity contribution in [3.63, 3.8) is 0 Å². The number of fused-ring (bicyclic) bond motifs is 1. The maximum absolute atomic E-state index is 14.1. The Morgan fingerprint density at radius 2 is 1.60 bits per heavy atom. The summed E-state index contributed by atoms with van der Waals surface area (Å²) in [6.07, 6.45) is 6.20. The van der Waals surface area contributed by atoms with Gasteiger partial charge >= 0.3 is 0 Å². The number of carbonyl (C=O) groups is 5. The number of primary amides is 1. The van der Waals surface area contributed by atoms with Crippen molar-refractivity contribution >= 4 is 57.6 Å². The minimum absolute atomic E-state index is 0.00631. The minimum atomic E-state index is -0.919. The summed E-state index contributed by atoms with van der Waals surface area (Å²) in [6, 6.07) is 15.9. The number of aromatic nitrogens is 5. The van der Waals surface area contributed by atoms with Gasteiger partial charge in [-0.2, -0.15) is 5.10 Å². The number of β-amino-alcohol motifs (C(OH)–C–C–N with tert-alkyl or cyclic N) is 1. The predicted octanol–water partition coefficient (Wildman–Crippen LogP) is 6.72. The molecule has 2 fully saturated rings. The van der Waals surface area contributed by atoms with Crippen LogP contribution in [0.1, 0.15) is 124 Å². The largest absolute Gasteiger partial charge is 0.391 e. The Labute approximate surface area is 472 Å². The van der Waals surface area contributed by atoms with Crippen LogP contribution < -0.4 is 32.1 Å². The summed E-state index contributed by atoms with van der Waals surface area (Å²) in [7, 11) is 0. The molecule has 0 spiro atoms. The number of carbonyl (C=O) groups excluding carboxylic acids is 5. The molecule has 0 saturated carbocycles. The number of aryl methyl sites for hydroxylation is 3. The van der Waals surface area contributed by atoms with Gasteiger partial charge in [0, 0.05) is 99.0 Å². The Morgan fingerprint density at radius 3 is 2.25 bits per heavy atom. The van der Waals surface area contributed by atoms with E-state index in [1.54, 1.807) is 17.5 Å². The number of hydrogen-bond acceptors (Lipinski definition) is 13. The van der Waals surface area contributed by atoms with E-state index in [2.05, 4.69) is 40.8 Å². The van der Waals surface area contributed by atoms with E-state index in [-0.39, 0.29) is 73.6 Å². The number of hydrogen-bond donors (Lipinski definition) is 6. The fourth-order valence-electron chi connectivity index (χ4n) is 10.9. The molecule has 2 saturated heterocycles. The van der Waals surface area contributed by atoms with Crippen LogP contribution in [-0.4, -0.2) is 127 Å². The lowest BCUT2D eigenvalue weighted by Crippen LogP contribution is -2.57. The van der Waals surface area contributed by atoms with Crippen LogP contribution in [0, 0.1) is 32.1 Å². The predicted molar refractivity (Wildman–Crippen MR) is 312 cm³/mol. The highest BCUT2D eigenvalue weighted by Crippen LogP contribution is 2.32. The Kier molecular flexibility index (Phi) is 19.0. The van der Waals surface area contributed by atoms with Crippen LogP contribution in [-0.2, 0) is 32.3 Å². The van der Waals surface area contributed by atoms with Crippen LogP contribution in [0.4, 0.5) is 5.82 Å². The normalized spacial score (nSPS) is 16.7. The van der Waals surface area contributed by atoms with Crippen molar-refractivity contribution in [1.82, 2.24) is 50.5 Å². The smallest absolute Gasteiger partial charge is 0.253 e. The van der Waals surface area contributed by atoms with Crippen molar-refractivity contribution in [2.24, 2.45) is 17.1 Å². The molecule has 20 heteroatoms. The molecule has 7 N–H and O–H groups in total. The number of aromatic amines is 1. The van der Waals surface area contributed by atoms with E-state index in [0.717, 1.165) is 99.9 Å². The van der Waals surface area contributed by atoms with E-state index >= 15 is 0 Å². The third kappa shape index (κ3) is 14.4. The molecular weight excluding hydrogens is 1030 g/mol. The highest BCUT2D eigenvalue weighted by molar-refractivity contribution is 7.13. The van der Waals surface area contributed by atoms with E-state index in [9.17, 15) is 33.9 Å². The molecule has 80 heavy (non-hydrogen) atoms. The van der Waals surface area contributed by atoms with E-state index in [1.165, 1.54) is 4.90 Å². The SMILES string of the molecule is Cc1cc(C)c(CNC(=O)c2cc(-c3ccc(N4CCN(CCC(CCCCCC(=O)N[C@H](C(=O)N5C[C@H](O)C[C@H]5C(=O)NCc5ccc(-c6scnc6C)cc5)C(C)(C)C)C(N)=O)CC4)nc3)cc3c2cnn3C(C)C)c(=O)[nH]1. The van der Waals surface area contributed by atoms with Crippen molar-refractivity contribution in [2.45, 2.75) is 138 Å². The molecule has 4 atom stereocenters. The van der Waals surface area contributed by atoms with Crippen molar-refractivity contribution < 1.29 is 29.1 Å². The van der Waals surface area contributed by atoms with Gasteiger partial charge in [0.15, 0.2) is 0 Å². The Hall–Kier alpha value is -7.29. The number of benzene rings is 2. The average molecular weight is 1110 g/mol. The fraction of sp³-hybridized carbons (Fsp3) is 0.483. The van der Waals surface area contributed by atoms with Gasteiger partial charge in [0.1, 0.15) is 17.9 Å². The van der Waals surface area contributed by atoms with Gasteiger partial charge in [-0.05, 0) is 118 Å². The Bertz CT molecular complexity index is 3230. The molecule has 2 aromatic carbocycles. The number of amides is 5. The quantitative estimate of drug-likeness (QED) is 0.0388. The number of unbranched alkanes of at least 4 members (excludes halogenated alkanes) is 2. The van der Waals surface area contributed by atoms with Crippen LogP contribution in [0.5, 0.6) is 0 Å². The Balaban J connectivity index is 0.772. The van der Waals surface area contributed by atoms with Crippen molar-refractivity contribution in [3.8, 4) is 21.6 Å². The van der Waals surface area contributed by atoms with Gasteiger partial charge in [0.05, 0.1) is 39.5 Å². The average Bonchev–Trinajstić information content (AvgIpc) is 4.19. The number of nitrogens with zero attached hydrogens (tertiary/aromatic N) is 7. The molecule has 1 unspecified atom stereocenters. The number of aliphatic hydroxyl groups excluding tert-OH is 1. The molecule has 4 aromatic heterocycles. The standard InChI is InChI=1S/C60H78N12O7S/c1-36(2)72-49-28-44(27-46(48(49)33-66-72)56(76)64-32-47-37(3)26-38(4)67-57(47)77)43-18-19-51(62-31-43)70-24-22-69(23-25-70)21-20-42(55(61)75)12-10-9-11-13-52(74)68-54(60(6,7)8)59(79)71-34-45(73)29-50(71)58(78)63-30-40-14-16-41(17-15-40)53-39(5)65-35-80-53/h14-19,26-28,31,33,35-36,42,45,50,54,73H,9-13,20-25,29-30,32,34H2,1-8H3,(H2,61,75)(H,63,78)(H,64,76)(H,67,77)(H,68,74)/t42?,45-,50+,54-/m1/s1. The van der Waals surface area contributed by atoms with Crippen LogP contribution in [0.15, 0.2) is 77.3 Å². The fourth-order valence-corrected chi connectivity index (χ4v) is 11.7. The summed E-state index contributed by atoms with van der Waals surface area (Å²) in [4.78, 5) is 99.3. The van der Waals surface area contributed by atoms with Crippen LogP contribution >= 0.6 is 11.3 Å².